The number of aryl methyl sites for hydroxylation is 1. The molecule has 0 amide bonds. The number of anilines is 1. The number of pyridine rings is 1. The fourth-order valence-corrected chi connectivity index (χ4v) is 2.77. The number of aromatic nitrogens is 4. The number of aliphatic hydroxyl groups excluding tert-OH is 1. The van der Waals surface area contributed by atoms with Crippen LogP contribution in [0, 0.1) is 6.92 Å². The highest BCUT2D eigenvalue weighted by Crippen LogP contribution is 2.25. The lowest BCUT2D eigenvalue weighted by molar-refractivity contribution is 0.124. The van der Waals surface area contributed by atoms with Gasteiger partial charge in [-0.3, -0.25) is 0 Å². The van der Waals surface area contributed by atoms with Gasteiger partial charge < -0.3 is 10.8 Å². The van der Waals surface area contributed by atoms with Gasteiger partial charge in [0.05, 0.1) is 23.9 Å². The molecule has 2 atom stereocenters. The molecule has 7 heteroatoms. The molecule has 0 bridgehead atoms. The van der Waals surface area contributed by atoms with E-state index in [0.717, 1.165) is 5.56 Å². The summed E-state index contributed by atoms with van der Waals surface area (Å²) in [5, 5.41) is 19.2. The number of nitrogen functional groups attached to an aromatic ring is 1. The van der Waals surface area contributed by atoms with Crippen LogP contribution in [0.3, 0.4) is 0 Å². The summed E-state index contributed by atoms with van der Waals surface area (Å²) in [6.45, 7) is 4.36. The van der Waals surface area contributed by atoms with Crippen LogP contribution in [0.4, 0.5) is 5.82 Å². The van der Waals surface area contributed by atoms with Crippen LogP contribution in [0.5, 0.6) is 0 Å². The van der Waals surface area contributed by atoms with Gasteiger partial charge in [-0.15, -0.1) is 5.10 Å². The van der Waals surface area contributed by atoms with Crippen molar-refractivity contribution in [2.75, 3.05) is 5.73 Å². The van der Waals surface area contributed by atoms with Crippen molar-refractivity contribution in [3.8, 4) is 11.3 Å². The first-order chi connectivity index (χ1) is 11.9. The van der Waals surface area contributed by atoms with Crippen molar-refractivity contribution in [2.45, 2.75) is 32.4 Å². The second-order valence-corrected chi connectivity index (χ2v) is 6.62. The first-order valence-electron chi connectivity index (χ1n) is 8.00. The Bertz CT molecular complexity index is 862. The van der Waals surface area contributed by atoms with E-state index in [1.54, 1.807) is 16.9 Å². The molecular weight excluding hydrogens is 338 g/mol. The van der Waals surface area contributed by atoms with Gasteiger partial charge in [0.1, 0.15) is 11.5 Å². The van der Waals surface area contributed by atoms with Crippen molar-refractivity contribution in [3.05, 3.63) is 58.9 Å². The third-order valence-corrected chi connectivity index (χ3v) is 4.46. The Morgan fingerprint density at radius 3 is 2.72 bits per heavy atom. The van der Waals surface area contributed by atoms with Crippen molar-refractivity contribution in [2.24, 2.45) is 0 Å². The highest BCUT2D eigenvalue weighted by atomic mass is 35.5. The van der Waals surface area contributed by atoms with E-state index in [1.165, 1.54) is 11.8 Å². The Hall–Kier alpha value is -2.44. The van der Waals surface area contributed by atoms with E-state index in [-0.39, 0.29) is 5.92 Å². The zero-order valence-electron chi connectivity index (χ0n) is 14.1. The van der Waals surface area contributed by atoms with E-state index < -0.39 is 6.10 Å². The Balaban J connectivity index is 1.74. The fraction of sp³-hybridized carbons (Fsp3) is 0.278. The molecule has 0 aliphatic rings. The molecule has 130 valence electrons. The Kier molecular flexibility index (Phi) is 5.01. The first kappa shape index (κ1) is 17.4. The molecule has 1 aromatic carbocycles. The topological polar surface area (TPSA) is 89.8 Å². The zero-order valence-corrected chi connectivity index (χ0v) is 14.9. The number of hydrogen-bond donors (Lipinski definition) is 2. The summed E-state index contributed by atoms with van der Waals surface area (Å²) in [5.74, 6) is 0.316. The van der Waals surface area contributed by atoms with E-state index >= 15 is 0 Å². The van der Waals surface area contributed by atoms with E-state index in [2.05, 4.69) is 15.3 Å². The molecule has 0 spiro atoms. The number of benzene rings is 1. The molecule has 25 heavy (non-hydrogen) atoms. The summed E-state index contributed by atoms with van der Waals surface area (Å²) in [5.41, 5.74) is 9.35. The lowest BCUT2D eigenvalue weighted by Gasteiger charge is -2.19. The Morgan fingerprint density at radius 1 is 1.28 bits per heavy atom. The molecule has 3 N–H and O–H groups in total. The van der Waals surface area contributed by atoms with Crippen LogP contribution in [0.15, 0.2) is 42.7 Å². The van der Waals surface area contributed by atoms with Crippen LogP contribution >= 0.6 is 11.6 Å². The average molecular weight is 358 g/mol. The van der Waals surface area contributed by atoms with Gasteiger partial charge in [-0.05, 0) is 18.6 Å². The number of aliphatic hydroxyl groups is 1. The van der Waals surface area contributed by atoms with Gasteiger partial charge in [0.2, 0.25) is 0 Å². The highest BCUT2D eigenvalue weighted by molar-refractivity contribution is 6.30. The van der Waals surface area contributed by atoms with Gasteiger partial charge in [0, 0.05) is 17.7 Å². The zero-order chi connectivity index (χ0) is 18.0. The van der Waals surface area contributed by atoms with Gasteiger partial charge in [-0.1, -0.05) is 53.6 Å². The number of rotatable bonds is 5. The van der Waals surface area contributed by atoms with E-state index in [0.29, 0.717) is 28.6 Å². The molecule has 2 heterocycles. The fourth-order valence-electron chi connectivity index (χ4n) is 2.61. The standard InChI is InChI=1S/C18H20ClN5O/c1-11-3-5-13(6-4-11)12(2)17(25)10-24-9-16(22-23-24)15-7-14(19)8-21-18(15)20/h3-9,12,17,25H,10H2,1-2H3,(H2,20,21). The molecular formula is C18H20ClN5O. The molecule has 0 aliphatic carbocycles. The number of nitrogens with two attached hydrogens (primary N) is 1. The highest BCUT2D eigenvalue weighted by Gasteiger charge is 2.18. The van der Waals surface area contributed by atoms with Gasteiger partial charge >= 0.3 is 0 Å². The van der Waals surface area contributed by atoms with Gasteiger partial charge in [0.25, 0.3) is 0 Å². The summed E-state index contributed by atoms with van der Waals surface area (Å²) in [6, 6.07) is 9.86. The van der Waals surface area contributed by atoms with Gasteiger partial charge in [0.15, 0.2) is 0 Å². The summed E-state index contributed by atoms with van der Waals surface area (Å²) in [7, 11) is 0. The first-order valence-corrected chi connectivity index (χ1v) is 8.38. The minimum Gasteiger partial charge on any atom is -0.391 e. The minimum atomic E-state index is -0.591. The molecule has 3 rings (SSSR count). The molecule has 0 saturated heterocycles. The monoisotopic (exact) mass is 357 g/mol. The molecule has 0 aliphatic heterocycles. The van der Waals surface area contributed by atoms with Crippen LogP contribution in [0.25, 0.3) is 11.3 Å². The average Bonchev–Trinajstić information content (AvgIpc) is 3.05. The minimum absolute atomic E-state index is 0.0221. The van der Waals surface area contributed by atoms with Crippen molar-refractivity contribution < 1.29 is 5.11 Å². The number of nitrogens with zero attached hydrogens (tertiary/aromatic N) is 4. The molecule has 0 fully saturated rings. The van der Waals surface area contributed by atoms with Gasteiger partial charge in [-0.25, -0.2) is 9.67 Å². The van der Waals surface area contributed by atoms with Gasteiger partial charge in [-0.2, -0.15) is 0 Å². The van der Waals surface area contributed by atoms with Crippen LogP contribution in [-0.4, -0.2) is 31.2 Å². The third kappa shape index (κ3) is 3.97. The van der Waals surface area contributed by atoms with E-state index in [9.17, 15) is 5.11 Å². The van der Waals surface area contributed by atoms with Crippen LogP contribution in [0.1, 0.15) is 24.0 Å². The summed E-state index contributed by atoms with van der Waals surface area (Å²) >= 11 is 5.97. The smallest absolute Gasteiger partial charge is 0.133 e. The quantitative estimate of drug-likeness (QED) is 0.732. The molecule has 0 saturated carbocycles. The predicted octanol–water partition coefficient (Wildman–Crippen LogP) is 3.05. The van der Waals surface area contributed by atoms with E-state index in [1.807, 2.05) is 38.1 Å². The normalized spacial score (nSPS) is 13.6. The van der Waals surface area contributed by atoms with Crippen molar-refractivity contribution in [1.82, 2.24) is 20.0 Å². The maximum absolute atomic E-state index is 10.5. The van der Waals surface area contributed by atoms with Crippen molar-refractivity contribution in [3.63, 3.8) is 0 Å². The maximum Gasteiger partial charge on any atom is 0.133 e. The SMILES string of the molecule is Cc1ccc(C(C)C(O)Cn2cc(-c3cc(Cl)cnc3N)nn2)cc1. The third-order valence-electron chi connectivity index (χ3n) is 4.25. The Morgan fingerprint density at radius 2 is 2.00 bits per heavy atom. The molecule has 2 aromatic heterocycles. The molecule has 3 aromatic rings. The number of hydrogen-bond acceptors (Lipinski definition) is 5. The summed E-state index contributed by atoms with van der Waals surface area (Å²) < 4.78 is 1.60. The second kappa shape index (κ2) is 7.21. The number of halogens is 1. The molecule has 2 unspecified atom stereocenters. The lowest BCUT2D eigenvalue weighted by Crippen LogP contribution is -2.22. The maximum atomic E-state index is 10.5. The van der Waals surface area contributed by atoms with Crippen molar-refractivity contribution >= 4 is 17.4 Å². The molecule has 0 radical (unpaired) electrons. The Labute approximate surface area is 151 Å². The van der Waals surface area contributed by atoms with Crippen molar-refractivity contribution in [1.29, 1.82) is 0 Å². The summed E-state index contributed by atoms with van der Waals surface area (Å²) in [4.78, 5) is 4.02. The van der Waals surface area contributed by atoms with Crippen LogP contribution < -0.4 is 5.73 Å². The van der Waals surface area contributed by atoms with E-state index in [4.69, 9.17) is 17.3 Å². The lowest BCUT2D eigenvalue weighted by atomic mass is 9.94. The second-order valence-electron chi connectivity index (χ2n) is 6.18. The van der Waals surface area contributed by atoms with Crippen LogP contribution in [-0.2, 0) is 6.54 Å². The summed E-state index contributed by atoms with van der Waals surface area (Å²) in [6.07, 6.45) is 2.62. The molecule has 6 nitrogen and oxygen atoms in total. The predicted molar refractivity (Wildman–Crippen MR) is 98.3 cm³/mol. The largest absolute Gasteiger partial charge is 0.391 e. The van der Waals surface area contributed by atoms with Crippen LogP contribution in [0.2, 0.25) is 5.02 Å².